The molecule has 1 atom stereocenters. The third-order valence-corrected chi connectivity index (χ3v) is 1.90. The first-order valence-corrected chi connectivity index (χ1v) is 4.00. The predicted octanol–water partition coefficient (Wildman–Crippen LogP) is 1.46. The Balaban J connectivity index is 3.05. The molecule has 0 saturated heterocycles. The van der Waals surface area contributed by atoms with Crippen molar-refractivity contribution in [2.75, 3.05) is 12.8 Å². The summed E-state index contributed by atoms with van der Waals surface area (Å²) in [6, 6.07) is 5.29. The summed E-state index contributed by atoms with van der Waals surface area (Å²) in [5.41, 5.74) is 13.0. The van der Waals surface area contributed by atoms with Crippen molar-refractivity contribution in [3.8, 4) is 5.75 Å². The Morgan fingerprint density at radius 3 is 2.77 bits per heavy atom. The number of benzene rings is 1. The van der Waals surface area contributed by atoms with Gasteiger partial charge in [-0.15, -0.1) is 6.58 Å². The zero-order chi connectivity index (χ0) is 9.84. The van der Waals surface area contributed by atoms with E-state index >= 15 is 0 Å². The minimum absolute atomic E-state index is 0.172. The van der Waals surface area contributed by atoms with Gasteiger partial charge >= 0.3 is 0 Å². The Hall–Kier alpha value is -1.48. The van der Waals surface area contributed by atoms with Crippen LogP contribution in [-0.2, 0) is 0 Å². The molecule has 3 heteroatoms. The first-order chi connectivity index (χ1) is 6.19. The van der Waals surface area contributed by atoms with Gasteiger partial charge in [0.15, 0.2) is 0 Å². The second-order valence-corrected chi connectivity index (χ2v) is 2.76. The van der Waals surface area contributed by atoms with Gasteiger partial charge in [0.25, 0.3) is 0 Å². The quantitative estimate of drug-likeness (QED) is 0.544. The number of rotatable bonds is 3. The van der Waals surface area contributed by atoms with E-state index in [-0.39, 0.29) is 6.04 Å². The normalized spacial score (nSPS) is 12.2. The van der Waals surface area contributed by atoms with E-state index in [1.807, 2.05) is 12.1 Å². The molecule has 0 saturated carbocycles. The molecule has 4 N–H and O–H groups in total. The second kappa shape index (κ2) is 3.96. The van der Waals surface area contributed by atoms with Gasteiger partial charge < -0.3 is 16.2 Å². The molecule has 1 aromatic rings. The highest BCUT2D eigenvalue weighted by molar-refractivity contribution is 5.54. The lowest BCUT2D eigenvalue weighted by Crippen LogP contribution is -2.06. The molecule has 1 rings (SSSR count). The fourth-order valence-electron chi connectivity index (χ4n) is 1.07. The van der Waals surface area contributed by atoms with E-state index in [2.05, 4.69) is 6.58 Å². The van der Waals surface area contributed by atoms with Crippen LogP contribution < -0.4 is 16.2 Å². The molecule has 0 aliphatic carbocycles. The van der Waals surface area contributed by atoms with Gasteiger partial charge in [0.2, 0.25) is 0 Å². The minimum atomic E-state index is -0.172. The lowest BCUT2D eigenvalue weighted by molar-refractivity contribution is 0.416. The molecular formula is C10H14N2O. The molecule has 0 radical (unpaired) electrons. The van der Waals surface area contributed by atoms with Crippen LogP contribution in [0.2, 0.25) is 0 Å². The third kappa shape index (κ3) is 2.00. The molecule has 70 valence electrons. The number of methoxy groups -OCH3 is 1. The fourth-order valence-corrected chi connectivity index (χ4v) is 1.07. The van der Waals surface area contributed by atoms with Crippen LogP contribution in [0.15, 0.2) is 30.9 Å². The second-order valence-electron chi connectivity index (χ2n) is 2.76. The standard InChI is InChI=1S/C10H14N2O/c1-3-8(11)7-4-5-9(12)10(6-7)13-2/h3-6,8H,1,11-12H2,2H3/t8-/m1/s1. The van der Waals surface area contributed by atoms with Crippen LogP contribution in [0.25, 0.3) is 0 Å². The van der Waals surface area contributed by atoms with E-state index in [4.69, 9.17) is 16.2 Å². The first kappa shape index (κ1) is 9.61. The SMILES string of the molecule is C=C[C@@H](N)c1ccc(N)c(OC)c1. The number of anilines is 1. The van der Waals surface area contributed by atoms with Gasteiger partial charge in [0, 0.05) is 6.04 Å². The molecule has 0 spiro atoms. The number of ether oxygens (including phenoxy) is 1. The molecule has 1 aromatic carbocycles. The Morgan fingerprint density at radius 2 is 2.23 bits per heavy atom. The Kier molecular flexibility index (Phi) is 2.93. The topological polar surface area (TPSA) is 61.3 Å². The maximum absolute atomic E-state index is 5.75. The van der Waals surface area contributed by atoms with Gasteiger partial charge in [0.05, 0.1) is 12.8 Å². The summed E-state index contributed by atoms with van der Waals surface area (Å²) in [4.78, 5) is 0. The largest absolute Gasteiger partial charge is 0.495 e. The van der Waals surface area contributed by atoms with Crippen molar-refractivity contribution in [2.24, 2.45) is 5.73 Å². The van der Waals surface area contributed by atoms with Crippen LogP contribution in [0.4, 0.5) is 5.69 Å². The molecule has 0 unspecified atom stereocenters. The average Bonchev–Trinajstić information content (AvgIpc) is 2.17. The first-order valence-electron chi connectivity index (χ1n) is 4.00. The monoisotopic (exact) mass is 178 g/mol. The lowest BCUT2D eigenvalue weighted by Gasteiger charge is -2.10. The fraction of sp³-hybridized carbons (Fsp3) is 0.200. The average molecular weight is 178 g/mol. The zero-order valence-corrected chi connectivity index (χ0v) is 7.66. The van der Waals surface area contributed by atoms with E-state index in [0.29, 0.717) is 11.4 Å². The maximum Gasteiger partial charge on any atom is 0.142 e. The van der Waals surface area contributed by atoms with Crippen LogP contribution in [0.5, 0.6) is 5.75 Å². The van der Waals surface area contributed by atoms with Gasteiger partial charge in [0.1, 0.15) is 5.75 Å². The van der Waals surface area contributed by atoms with Crippen molar-refractivity contribution in [3.63, 3.8) is 0 Å². The molecule has 0 bridgehead atoms. The molecule has 0 aliphatic heterocycles. The Morgan fingerprint density at radius 1 is 1.54 bits per heavy atom. The van der Waals surface area contributed by atoms with Crippen molar-refractivity contribution in [3.05, 3.63) is 36.4 Å². The maximum atomic E-state index is 5.75. The summed E-state index contributed by atoms with van der Waals surface area (Å²) in [5.74, 6) is 0.648. The van der Waals surface area contributed by atoms with Gasteiger partial charge in [-0.3, -0.25) is 0 Å². The summed E-state index contributed by atoms with van der Waals surface area (Å²) in [6.07, 6.45) is 1.67. The van der Waals surface area contributed by atoms with E-state index in [0.717, 1.165) is 5.56 Å². The molecule has 0 heterocycles. The van der Waals surface area contributed by atoms with Crippen molar-refractivity contribution in [1.29, 1.82) is 0 Å². The van der Waals surface area contributed by atoms with Crippen molar-refractivity contribution in [2.45, 2.75) is 6.04 Å². The highest BCUT2D eigenvalue weighted by Gasteiger charge is 2.04. The predicted molar refractivity (Wildman–Crippen MR) is 54.5 cm³/mol. The molecular weight excluding hydrogens is 164 g/mol. The van der Waals surface area contributed by atoms with Crippen LogP contribution in [-0.4, -0.2) is 7.11 Å². The van der Waals surface area contributed by atoms with Crippen molar-refractivity contribution >= 4 is 5.69 Å². The molecule has 3 nitrogen and oxygen atoms in total. The summed E-state index contributed by atoms with van der Waals surface area (Å²) in [6.45, 7) is 3.62. The lowest BCUT2D eigenvalue weighted by atomic mass is 10.1. The molecule has 0 aliphatic rings. The van der Waals surface area contributed by atoms with E-state index in [9.17, 15) is 0 Å². The Labute approximate surface area is 78.0 Å². The summed E-state index contributed by atoms with van der Waals surface area (Å²) in [7, 11) is 1.58. The molecule has 0 amide bonds. The summed E-state index contributed by atoms with van der Waals surface area (Å²) >= 11 is 0. The van der Waals surface area contributed by atoms with Crippen LogP contribution in [0.3, 0.4) is 0 Å². The number of nitrogen functional groups attached to an aromatic ring is 1. The summed E-state index contributed by atoms with van der Waals surface area (Å²) in [5, 5.41) is 0. The van der Waals surface area contributed by atoms with Crippen molar-refractivity contribution in [1.82, 2.24) is 0 Å². The number of nitrogens with two attached hydrogens (primary N) is 2. The van der Waals surface area contributed by atoms with E-state index in [1.54, 1.807) is 19.3 Å². The smallest absolute Gasteiger partial charge is 0.142 e. The van der Waals surface area contributed by atoms with E-state index < -0.39 is 0 Å². The Bertz CT molecular complexity index is 310. The highest BCUT2D eigenvalue weighted by atomic mass is 16.5. The molecule has 0 fully saturated rings. The van der Waals surface area contributed by atoms with Gasteiger partial charge in [-0.05, 0) is 17.7 Å². The zero-order valence-electron chi connectivity index (χ0n) is 7.66. The number of hydrogen-bond donors (Lipinski definition) is 2. The molecule has 0 aromatic heterocycles. The van der Waals surface area contributed by atoms with Crippen LogP contribution in [0.1, 0.15) is 11.6 Å². The van der Waals surface area contributed by atoms with E-state index in [1.165, 1.54) is 0 Å². The molecule has 13 heavy (non-hydrogen) atoms. The van der Waals surface area contributed by atoms with Crippen LogP contribution >= 0.6 is 0 Å². The summed E-state index contributed by atoms with van der Waals surface area (Å²) < 4.78 is 5.07. The van der Waals surface area contributed by atoms with Crippen molar-refractivity contribution < 1.29 is 4.74 Å². The number of hydrogen-bond acceptors (Lipinski definition) is 3. The van der Waals surface area contributed by atoms with Crippen LogP contribution in [0, 0.1) is 0 Å². The van der Waals surface area contributed by atoms with Gasteiger partial charge in [-0.1, -0.05) is 12.1 Å². The van der Waals surface area contributed by atoms with Gasteiger partial charge in [-0.25, -0.2) is 0 Å². The highest BCUT2D eigenvalue weighted by Crippen LogP contribution is 2.24. The third-order valence-electron chi connectivity index (χ3n) is 1.90. The minimum Gasteiger partial charge on any atom is -0.495 e. The van der Waals surface area contributed by atoms with Gasteiger partial charge in [-0.2, -0.15) is 0 Å².